The first kappa shape index (κ1) is 20.7. The summed E-state index contributed by atoms with van der Waals surface area (Å²) in [5.74, 6) is 0.628. The Morgan fingerprint density at radius 2 is 1.68 bits per heavy atom. The second kappa shape index (κ2) is 9.49. The van der Waals surface area contributed by atoms with E-state index in [0.717, 1.165) is 16.5 Å². The summed E-state index contributed by atoms with van der Waals surface area (Å²) in [6.07, 6.45) is 0. The van der Waals surface area contributed by atoms with E-state index in [-0.39, 0.29) is 17.7 Å². The van der Waals surface area contributed by atoms with Crippen molar-refractivity contribution in [1.82, 2.24) is 10.6 Å². The minimum atomic E-state index is -0.251. The molecule has 0 aliphatic rings. The van der Waals surface area contributed by atoms with Crippen LogP contribution in [0.1, 0.15) is 40.2 Å². The number of amides is 1. The van der Waals surface area contributed by atoms with Crippen molar-refractivity contribution in [1.29, 1.82) is 0 Å². The van der Waals surface area contributed by atoms with Gasteiger partial charge in [-0.2, -0.15) is 0 Å². The van der Waals surface area contributed by atoms with Gasteiger partial charge in [-0.25, -0.2) is 0 Å². The van der Waals surface area contributed by atoms with E-state index in [1.807, 2.05) is 60.7 Å². The van der Waals surface area contributed by atoms with E-state index in [4.69, 9.17) is 9.15 Å². The predicted molar refractivity (Wildman–Crippen MR) is 122 cm³/mol. The third-order valence-corrected chi connectivity index (χ3v) is 5.38. The highest BCUT2D eigenvalue weighted by molar-refractivity contribution is 5.98. The summed E-state index contributed by atoms with van der Waals surface area (Å²) >= 11 is 0. The summed E-state index contributed by atoms with van der Waals surface area (Å²) in [5.41, 5.74) is 3.88. The summed E-state index contributed by atoms with van der Waals surface area (Å²) < 4.78 is 11.4. The van der Waals surface area contributed by atoms with Crippen LogP contribution in [0.15, 0.2) is 83.3 Å². The van der Waals surface area contributed by atoms with Crippen LogP contribution in [0.4, 0.5) is 0 Å². The lowest BCUT2D eigenvalue weighted by atomic mass is 10.1. The molecule has 0 radical (unpaired) electrons. The van der Waals surface area contributed by atoms with Crippen LogP contribution >= 0.6 is 0 Å². The average molecular weight is 415 g/mol. The van der Waals surface area contributed by atoms with Gasteiger partial charge in [0.05, 0.1) is 7.11 Å². The molecule has 2 N–H and O–H groups in total. The Kier molecular flexibility index (Phi) is 6.34. The van der Waals surface area contributed by atoms with Crippen LogP contribution in [0, 0.1) is 0 Å². The summed E-state index contributed by atoms with van der Waals surface area (Å²) in [6.45, 7) is 3.21. The number of rotatable bonds is 8. The van der Waals surface area contributed by atoms with Crippen LogP contribution in [0.2, 0.25) is 0 Å². The van der Waals surface area contributed by atoms with Crippen molar-refractivity contribution in [2.75, 3.05) is 7.11 Å². The van der Waals surface area contributed by atoms with Gasteiger partial charge in [0.1, 0.15) is 0 Å². The molecule has 1 aromatic heterocycles. The highest BCUT2D eigenvalue weighted by Crippen LogP contribution is 2.32. The van der Waals surface area contributed by atoms with Crippen molar-refractivity contribution < 1.29 is 13.9 Å². The third-order valence-electron chi connectivity index (χ3n) is 5.38. The zero-order chi connectivity index (χ0) is 21.6. The van der Waals surface area contributed by atoms with E-state index >= 15 is 0 Å². The second-order valence-corrected chi connectivity index (χ2v) is 7.46. The van der Waals surface area contributed by atoms with Gasteiger partial charge >= 0.3 is 0 Å². The molecule has 0 saturated carbocycles. The number of benzene rings is 3. The number of methoxy groups -OCH3 is 1. The van der Waals surface area contributed by atoms with Gasteiger partial charge in [-0.15, -0.1) is 0 Å². The van der Waals surface area contributed by atoms with E-state index < -0.39 is 0 Å². The molecule has 3 aromatic carbocycles. The molecule has 1 atom stereocenters. The van der Waals surface area contributed by atoms with Crippen molar-refractivity contribution in [2.24, 2.45) is 0 Å². The number of fused-ring (bicyclic) bond motifs is 1. The number of nitrogens with one attached hydrogen (secondary N) is 2. The Morgan fingerprint density at radius 3 is 2.39 bits per heavy atom. The van der Waals surface area contributed by atoms with E-state index in [2.05, 4.69) is 29.7 Å². The SMILES string of the molecule is COc1ccc(CN[C@@H](C)c2ccccc2)c2cc(C(=O)NCc3ccccc3)oc12. The van der Waals surface area contributed by atoms with E-state index in [0.29, 0.717) is 24.4 Å². The first-order chi connectivity index (χ1) is 15.2. The average Bonchev–Trinajstić information content (AvgIpc) is 3.28. The molecule has 4 aromatic rings. The standard InChI is InChI=1S/C26H26N2O3/c1-18(20-11-7-4-8-12-20)27-17-21-13-14-23(30-2)25-22(21)15-24(31-25)26(29)28-16-19-9-5-3-6-10-19/h3-15,18,27H,16-17H2,1-2H3,(H,28,29)/t18-/m0/s1. The number of hydrogen-bond acceptors (Lipinski definition) is 4. The zero-order valence-electron chi connectivity index (χ0n) is 17.7. The maximum absolute atomic E-state index is 12.7. The first-order valence-corrected chi connectivity index (χ1v) is 10.4. The Bertz CT molecular complexity index is 1150. The molecule has 5 nitrogen and oxygen atoms in total. The Balaban J connectivity index is 1.53. The molecule has 4 rings (SSSR count). The monoisotopic (exact) mass is 414 g/mol. The van der Waals surface area contributed by atoms with Crippen molar-refractivity contribution in [3.63, 3.8) is 0 Å². The fourth-order valence-electron chi connectivity index (χ4n) is 3.57. The van der Waals surface area contributed by atoms with Gasteiger partial charge in [0.15, 0.2) is 17.1 Å². The van der Waals surface area contributed by atoms with Crippen LogP contribution in [0.3, 0.4) is 0 Å². The fraction of sp³-hybridized carbons (Fsp3) is 0.192. The molecule has 0 saturated heterocycles. The van der Waals surface area contributed by atoms with Crippen LogP contribution in [-0.2, 0) is 13.1 Å². The molecular formula is C26H26N2O3. The first-order valence-electron chi connectivity index (χ1n) is 10.4. The molecule has 0 aliphatic heterocycles. The summed E-state index contributed by atoms with van der Waals surface area (Å²) in [6, 6.07) is 26.0. The maximum atomic E-state index is 12.7. The van der Waals surface area contributed by atoms with E-state index in [1.54, 1.807) is 13.2 Å². The highest BCUT2D eigenvalue weighted by atomic mass is 16.5. The van der Waals surface area contributed by atoms with Crippen molar-refractivity contribution in [3.05, 3.63) is 101 Å². The highest BCUT2D eigenvalue weighted by Gasteiger charge is 2.18. The molecule has 158 valence electrons. The maximum Gasteiger partial charge on any atom is 0.287 e. The van der Waals surface area contributed by atoms with Gasteiger partial charge in [-0.05, 0) is 35.7 Å². The number of ether oxygens (including phenoxy) is 1. The molecule has 0 unspecified atom stereocenters. The van der Waals surface area contributed by atoms with Crippen molar-refractivity contribution in [3.8, 4) is 5.75 Å². The Hall–Kier alpha value is -3.57. The lowest BCUT2D eigenvalue weighted by Crippen LogP contribution is -2.22. The van der Waals surface area contributed by atoms with E-state index in [1.165, 1.54) is 5.56 Å². The predicted octanol–water partition coefficient (Wildman–Crippen LogP) is 5.22. The molecule has 1 amide bonds. The Labute approximate surface area is 182 Å². The fourth-order valence-corrected chi connectivity index (χ4v) is 3.57. The quantitative estimate of drug-likeness (QED) is 0.415. The van der Waals surface area contributed by atoms with Crippen molar-refractivity contribution >= 4 is 16.9 Å². The molecule has 0 bridgehead atoms. The van der Waals surface area contributed by atoms with Gasteiger partial charge in [0, 0.05) is 24.5 Å². The number of hydrogen-bond donors (Lipinski definition) is 2. The van der Waals surface area contributed by atoms with Crippen molar-refractivity contribution in [2.45, 2.75) is 26.1 Å². The van der Waals surface area contributed by atoms with E-state index in [9.17, 15) is 4.79 Å². The molecule has 5 heteroatoms. The molecule has 0 spiro atoms. The molecule has 1 heterocycles. The molecular weight excluding hydrogens is 388 g/mol. The smallest absolute Gasteiger partial charge is 0.287 e. The molecule has 0 fully saturated rings. The Morgan fingerprint density at radius 1 is 0.968 bits per heavy atom. The van der Waals surface area contributed by atoms with Gasteiger partial charge < -0.3 is 19.8 Å². The topological polar surface area (TPSA) is 63.5 Å². The van der Waals surface area contributed by atoms with Crippen LogP contribution in [0.5, 0.6) is 5.75 Å². The minimum Gasteiger partial charge on any atom is -0.493 e. The normalized spacial score (nSPS) is 11.9. The lowest BCUT2D eigenvalue weighted by molar-refractivity contribution is 0.0925. The molecule has 31 heavy (non-hydrogen) atoms. The lowest BCUT2D eigenvalue weighted by Gasteiger charge is -2.15. The second-order valence-electron chi connectivity index (χ2n) is 7.46. The van der Waals surface area contributed by atoms with Gasteiger partial charge in [-0.3, -0.25) is 4.79 Å². The number of carbonyl (C=O) groups is 1. The van der Waals surface area contributed by atoms with Crippen LogP contribution in [-0.4, -0.2) is 13.0 Å². The largest absolute Gasteiger partial charge is 0.493 e. The third kappa shape index (κ3) is 4.78. The zero-order valence-corrected chi connectivity index (χ0v) is 17.7. The summed E-state index contributed by atoms with van der Waals surface area (Å²) in [4.78, 5) is 12.7. The van der Waals surface area contributed by atoms with Crippen LogP contribution < -0.4 is 15.4 Å². The number of furan rings is 1. The molecule has 0 aliphatic carbocycles. The summed E-state index contributed by atoms with van der Waals surface area (Å²) in [5, 5.41) is 7.33. The van der Waals surface area contributed by atoms with Crippen LogP contribution in [0.25, 0.3) is 11.0 Å². The summed E-state index contributed by atoms with van der Waals surface area (Å²) in [7, 11) is 1.60. The van der Waals surface area contributed by atoms with Gasteiger partial charge in [-0.1, -0.05) is 66.7 Å². The van der Waals surface area contributed by atoms with Gasteiger partial charge in [0.25, 0.3) is 5.91 Å². The number of carbonyl (C=O) groups excluding carboxylic acids is 1. The minimum absolute atomic E-state index is 0.193. The van der Waals surface area contributed by atoms with Gasteiger partial charge in [0.2, 0.25) is 0 Å².